The SMILES string of the molecule is C[C@H](NC(=O)CN(C)Cc1ccncc1)C1=CCCCC1. The summed E-state index contributed by atoms with van der Waals surface area (Å²) < 4.78 is 0. The number of aromatic nitrogens is 1. The normalized spacial score (nSPS) is 16.4. The number of hydrogen-bond acceptors (Lipinski definition) is 3. The molecule has 0 aromatic carbocycles. The van der Waals surface area contributed by atoms with Crippen molar-refractivity contribution in [3.8, 4) is 0 Å². The molecule has 1 aromatic heterocycles. The van der Waals surface area contributed by atoms with Gasteiger partial charge in [-0.05, 0) is 57.4 Å². The fourth-order valence-corrected chi connectivity index (χ4v) is 2.74. The number of pyridine rings is 1. The standard InChI is InChI=1S/C17H25N3O/c1-14(16-6-4-3-5-7-16)19-17(21)13-20(2)12-15-8-10-18-11-9-15/h6,8-11,14H,3-5,7,12-13H2,1-2H3,(H,19,21)/t14-/m0/s1. The van der Waals surface area contributed by atoms with E-state index in [0.29, 0.717) is 6.54 Å². The van der Waals surface area contributed by atoms with Crippen molar-refractivity contribution in [1.82, 2.24) is 15.2 Å². The first-order chi connectivity index (χ1) is 10.1. The molecule has 0 spiro atoms. The van der Waals surface area contributed by atoms with Crippen molar-refractivity contribution >= 4 is 5.91 Å². The third kappa shape index (κ3) is 5.31. The van der Waals surface area contributed by atoms with Crippen LogP contribution in [0, 0.1) is 0 Å². The summed E-state index contributed by atoms with van der Waals surface area (Å²) in [6.45, 7) is 3.25. The molecule has 2 rings (SSSR count). The molecule has 0 aliphatic heterocycles. The lowest BCUT2D eigenvalue weighted by Gasteiger charge is -2.22. The van der Waals surface area contributed by atoms with Crippen molar-refractivity contribution in [1.29, 1.82) is 0 Å². The number of carbonyl (C=O) groups excluding carboxylic acids is 1. The number of rotatable bonds is 6. The first kappa shape index (κ1) is 15.7. The number of carbonyl (C=O) groups is 1. The molecular formula is C17H25N3O. The Hall–Kier alpha value is -1.68. The summed E-state index contributed by atoms with van der Waals surface area (Å²) in [6, 6.07) is 4.11. The fourth-order valence-electron chi connectivity index (χ4n) is 2.74. The molecule has 1 aliphatic carbocycles. The lowest BCUT2D eigenvalue weighted by Crippen LogP contribution is -2.40. The van der Waals surface area contributed by atoms with Gasteiger partial charge in [-0.2, -0.15) is 0 Å². The van der Waals surface area contributed by atoms with Crippen LogP contribution in [0.15, 0.2) is 36.2 Å². The van der Waals surface area contributed by atoms with E-state index in [4.69, 9.17) is 0 Å². The Labute approximate surface area is 127 Å². The molecule has 1 heterocycles. The van der Waals surface area contributed by atoms with E-state index in [1.807, 2.05) is 24.1 Å². The first-order valence-corrected chi connectivity index (χ1v) is 7.71. The quantitative estimate of drug-likeness (QED) is 0.818. The molecule has 0 bridgehead atoms. The van der Waals surface area contributed by atoms with Gasteiger partial charge >= 0.3 is 0 Å². The lowest BCUT2D eigenvalue weighted by molar-refractivity contribution is -0.122. The second kappa shape index (κ2) is 7.93. The van der Waals surface area contributed by atoms with Gasteiger partial charge in [-0.1, -0.05) is 11.6 Å². The van der Waals surface area contributed by atoms with Gasteiger partial charge in [-0.25, -0.2) is 0 Å². The van der Waals surface area contributed by atoms with Crippen LogP contribution in [-0.4, -0.2) is 35.4 Å². The molecule has 1 amide bonds. The van der Waals surface area contributed by atoms with Crippen LogP contribution in [0.25, 0.3) is 0 Å². The van der Waals surface area contributed by atoms with Gasteiger partial charge in [-0.3, -0.25) is 14.7 Å². The predicted octanol–water partition coefficient (Wildman–Crippen LogP) is 2.52. The van der Waals surface area contributed by atoms with Crippen molar-refractivity contribution in [2.45, 2.75) is 45.2 Å². The zero-order chi connectivity index (χ0) is 15.1. The van der Waals surface area contributed by atoms with Crippen molar-refractivity contribution in [2.24, 2.45) is 0 Å². The molecule has 0 fully saturated rings. The van der Waals surface area contributed by atoms with Crippen LogP contribution in [0.1, 0.15) is 38.2 Å². The van der Waals surface area contributed by atoms with Crippen LogP contribution in [0.2, 0.25) is 0 Å². The van der Waals surface area contributed by atoms with Gasteiger partial charge < -0.3 is 5.32 Å². The zero-order valence-corrected chi connectivity index (χ0v) is 13.0. The highest BCUT2D eigenvalue weighted by molar-refractivity contribution is 5.78. The number of allylic oxidation sites excluding steroid dienone is 1. The van der Waals surface area contributed by atoms with Crippen molar-refractivity contribution in [3.05, 3.63) is 41.7 Å². The van der Waals surface area contributed by atoms with E-state index in [1.165, 1.54) is 24.0 Å². The summed E-state index contributed by atoms with van der Waals surface area (Å²) in [6.07, 6.45) is 10.6. The minimum absolute atomic E-state index is 0.0885. The van der Waals surface area contributed by atoms with Crippen LogP contribution in [0.4, 0.5) is 0 Å². The van der Waals surface area contributed by atoms with Gasteiger partial charge in [0.2, 0.25) is 5.91 Å². The van der Waals surface area contributed by atoms with E-state index in [9.17, 15) is 4.79 Å². The van der Waals surface area contributed by atoms with Crippen LogP contribution >= 0.6 is 0 Å². The maximum atomic E-state index is 12.1. The molecule has 1 aromatic rings. The molecule has 114 valence electrons. The van der Waals surface area contributed by atoms with Crippen LogP contribution in [0.5, 0.6) is 0 Å². The molecule has 4 nitrogen and oxygen atoms in total. The summed E-state index contributed by atoms with van der Waals surface area (Å²) in [7, 11) is 1.96. The third-order valence-corrected chi connectivity index (χ3v) is 3.88. The van der Waals surface area contributed by atoms with E-state index >= 15 is 0 Å². The van der Waals surface area contributed by atoms with Gasteiger partial charge in [-0.15, -0.1) is 0 Å². The zero-order valence-electron chi connectivity index (χ0n) is 13.0. The summed E-state index contributed by atoms with van der Waals surface area (Å²) in [5.41, 5.74) is 2.55. The molecule has 1 atom stereocenters. The average Bonchev–Trinajstić information content (AvgIpc) is 2.48. The highest BCUT2D eigenvalue weighted by atomic mass is 16.2. The highest BCUT2D eigenvalue weighted by Gasteiger charge is 2.15. The van der Waals surface area contributed by atoms with E-state index < -0.39 is 0 Å². The van der Waals surface area contributed by atoms with Gasteiger partial charge in [0.15, 0.2) is 0 Å². The lowest BCUT2D eigenvalue weighted by atomic mass is 9.95. The molecule has 1 aliphatic rings. The largest absolute Gasteiger partial charge is 0.349 e. The van der Waals surface area contributed by atoms with Gasteiger partial charge in [0.25, 0.3) is 0 Å². The summed E-state index contributed by atoms with van der Waals surface area (Å²) in [5, 5.41) is 3.11. The number of amides is 1. The Morgan fingerprint density at radius 3 is 2.81 bits per heavy atom. The topological polar surface area (TPSA) is 45.2 Å². The van der Waals surface area contributed by atoms with Crippen molar-refractivity contribution < 1.29 is 4.79 Å². The Morgan fingerprint density at radius 2 is 2.14 bits per heavy atom. The van der Waals surface area contributed by atoms with Crippen molar-refractivity contribution in [3.63, 3.8) is 0 Å². The molecule has 4 heteroatoms. The van der Waals surface area contributed by atoms with E-state index in [1.54, 1.807) is 12.4 Å². The minimum Gasteiger partial charge on any atom is -0.349 e. The molecular weight excluding hydrogens is 262 g/mol. The van der Waals surface area contributed by atoms with Gasteiger partial charge in [0.1, 0.15) is 0 Å². The molecule has 21 heavy (non-hydrogen) atoms. The minimum atomic E-state index is 0.0885. The third-order valence-electron chi connectivity index (χ3n) is 3.88. The highest BCUT2D eigenvalue weighted by Crippen LogP contribution is 2.19. The van der Waals surface area contributed by atoms with Crippen LogP contribution < -0.4 is 5.32 Å². The number of nitrogens with one attached hydrogen (secondary N) is 1. The maximum absolute atomic E-state index is 12.1. The molecule has 0 saturated heterocycles. The number of nitrogens with zero attached hydrogens (tertiary/aromatic N) is 2. The fraction of sp³-hybridized carbons (Fsp3) is 0.529. The second-order valence-electron chi connectivity index (χ2n) is 5.84. The Bertz CT molecular complexity index is 484. The summed E-state index contributed by atoms with van der Waals surface area (Å²) >= 11 is 0. The first-order valence-electron chi connectivity index (χ1n) is 7.71. The Balaban J connectivity index is 1.77. The Morgan fingerprint density at radius 1 is 1.38 bits per heavy atom. The van der Waals surface area contributed by atoms with E-state index in [2.05, 4.69) is 23.3 Å². The Kier molecular flexibility index (Phi) is 5.93. The monoisotopic (exact) mass is 287 g/mol. The number of likely N-dealkylation sites (N-methyl/N-ethyl adjacent to an activating group) is 1. The predicted molar refractivity (Wildman–Crippen MR) is 84.7 cm³/mol. The summed E-state index contributed by atoms with van der Waals surface area (Å²) in [5.74, 6) is 0.0885. The van der Waals surface area contributed by atoms with Gasteiger partial charge in [0.05, 0.1) is 6.54 Å². The average molecular weight is 287 g/mol. The second-order valence-corrected chi connectivity index (χ2v) is 5.84. The van der Waals surface area contributed by atoms with Crippen LogP contribution in [-0.2, 0) is 11.3 Å². The molecule has 0 saturated carbocycles. The molecule has 1 N–H and O–H groups in total. The number of hydrogen-bond donors (Lipinski definition) is 1. The smallest absolute Gasteiger partial charge is 0.234 e. The molecule has 0 unspecified atom stereocenters. The van der Waals surface area contributed by atoms with Crippen molar-refractivity contribution in [2.75, 3.05) is 13.6 Å². The van der Waals surface area contributed by atoms with E-state index in [-0.39, 0.29) is 11.9 Å². The van der Waals surface area contributed by atoms with Crippen LogP contribution in [0.3, 0.4) is 0 Å². The van der Waals surface area contributed by atoms with E-state index in [0.717, 1.165) is 19.4 Å². The summed E-state index contributed by atoms with van der Waals surface area (Å²) in [4.78, 5) is 18.1. The molecule has 0 radical (unpaired) electrons. The van der Waals surface area contributed by atoms with Gasteiger partial charge in [0, 0.05) is 25.0 Å². The maximum Gasteiger partial charge on any atom is 0.234 e.